The predicted octanol–water partition coefficient (Wildman–Crippen LogP) is 7.25. The lowest BCUT2D eigenvalue weighted by Gasteiger charge is -2.32. The molecule has 1 fully saturated rings. The Bertz CT molecular complexity index is 1820. The van der Waals surface area contributed by atoms with Crippen LogP contribution in [-0.4, -0.2) is 74.5 Å². The van der Waals surface area contributed by atoms with E-state index in [0.29, 0.717) is 59.2 Å². The minimum absolute atomic E-state index is 0.182. The van der Waals surface area contributed by atoms with Gasteiger partial charge in [0.2, 0.25) is 5.91 Å². The van der Waals surface area contributed by atoms with Gasteiger partial charge in [0.25, 0.3) is 11.8 Å². The fourth-order valence-electron chi connectivity index (χ4n) is 6.00. The summed E-state index contributed by atoms with van der Waals surface area (Å²) in [7, 11) is 3.65. The summed E-state index contributed by atoms with van der Waals surface area (Å²) >= 11 is 0. The molecule has 4 aromatic carbocycles. The van der Waals surface area contributed by atoms with E-state index < -0.39 is 0 Å². The standard InChI is InChI=1S/C42H50N4O6/c1-30-15-19-38(52-28-32-11-7-5-8-12-32)35(25-30)42(49)43-36-18-16-33(27-34(36)29-50-4)41(48)44-37-17-14-31(2)26-39(37)51-24-10-6-9-13-40(47)46-22-20-45(3)21-23-46/h5,7-8,11-12,14-19,25-27H,6,9-10,13,20-24,28-29H2,1-4H3,(H,43,49)(H,44,48). The number of aryl methyl sites for hydroxylation is 2. The van der Waals surface area contributed by atoms with E-state index in [1.165, 1.54) is 0 Å². The van der Waals surface area contributed by atoms with Crippen molar-refractivity contribution in [2.75, 3.05) is 57.6 Å². The molecule has 0 unspecified atom stereocenters. The maximum absolute atomic E-state index is 13.6. The van der Waals surface area contributed by atoms with Crippen molar-refractivity contribution in [2.45, 2.75) is 52.7 Å². The third kappa shape index (κ3) is 10.9. The molecule has 10 nitrogen and oxygen atoms in total. The Labute approximate surface area is 307 Å². The number of unbranched alkanes of at least 4 members (excludes halogenated alkanes) is 2. The van der Waals surface area contributed by atoms with Gasteiger partial charge in [0.05, 0.1) is 24.5 Å². The number of amides is 3. The van der Waals surface area contributed by atoms with Gasteiger partial charge in [-0.3, -0.25) is 14.4 Å². The number of piperazine rings is 1. The summed E-state index contributed by atoms with van der Waals surface area (Å²) in [5.41, 5.74) is 5.49. The summed E-state index contributed by atoms with van der Waals surface area (Å²) in [5, 5.41) is 5.99. The molecule has 3 amide bonds. The van der Waals surface area contributed by atoms with E-state index >= 15 is 0 Å². The minimum atomic E-state index is -0.329. The molecule has 0 saturated carbocycles. The number of nitrogens with zero attached hydrogens (tertiary/aromatic N) is 2. The van der Waals surface area contributed by atoms with Crippen molar-refractivity contribution < 1.29 is 28.6 Å². The summed E-state index contributed by atoms with van der Waals surface area (Å²) in [4.78, 5) is 43.8. The number of hydrogen-bond donors (Lipinski definition) is 2. The number of likely N-dealkylation sites (N-methyl/N-ethyl adjacent to an activating group) is 1. The molecule has 10 heteroatoms. The van der Waals surface area contributed by atoms with Crippen molar-refractivity contribution in [1.82, 2.24) is 9.80 Å². The predicted molar refractivity (Wildman–Crippen MR) is 204 cm³/mol. The highest BCUT2D eigenvalue weighted by molar-refractivity contribution is 6.08. The van der Waals surface area contributed by atoms with E-state index in [9.17, 15) is 14.4 Å². The summed E-state index contributed by atoms with van der Waals surface area (Å²) in [5.74, 6) is 0.646. The van der Waals surface area contributed by atoms with Crippen LogP contribution in [0, 0.1) is 13.8 Å². The second-order valence-corrected chi connectivity index (χ2v) is 13.3. The number of hydrogen-bond acceptors (Lipinski definition) is 7. The quantitative estimate of drug-likeness (QED) is 0.118. The lowest BCUT2D eigenvalue weighted by Crippen LogP contribution is -2.47. The van der Waals surface area contributed by atoms with E-state index in [1.807, 2.05) is 73.3 Å². The van der Waals surface area contributed by atoms with Crippen molar-refractivity contribution in [3.8, 4) is 11.5 Å². The number of rotatable bonds is 16. The first-order valence-electron chi connectivity index (χ1n) is 17.9. The Morgan fingerprint density at radius 2 is 1.40 bits per heavy atom. The monoisotopic (exact) mass is 706 g/mol. The maximum atomic E-state index is 13.6. The van der Waals surface area contributed by atoms with E-state index in [2.05, 4.69) is 22.6 Å². The molecule has 0 radical (unpaired) electrons. The van der Waals surface area contributed by atoms with Crippen molar-refractivity contribution in [3.05, 3.63) is 118 Å². The molecule has 0 bridgehead atoms. The zero-order valence-corrected chi connectivity index (χ0v) is 30.7. The van der Waals surface area contributed by atoms with Gasteiger partial charge in [0, 0.05) is 56.5 Å². The summed E-state index contributed by atoms with van der Waals surface area (Å²) in [6.07, 6.45) is 3.05. The Morgan fingerprint density at radius 3 is 2.17 bits per heavy atom. The van der Waals surface area contributed by atoms with Gasteiger partial charge in [-0.2, -0.15) is 0 Å². The number of ether oxygens (including phenoxy) is 3. The zero-order valence-electron chi connectivity index (χ0n) is 30.7. The van der Waals surface area contributed by atoms with Gasteiger partial charge in [0.1, 0.15) is 18.1 Å². The molecular weight excluding hydrogens is 656 g/mol. The molecule has 0 atom stereocenters. The molecule has 1 saturated heterocycles. The first-order valence-corrected chi connectivity index (χ1v) is 17.9. The highest BCUT2D eigenvalue weighted by Crippen LogP contribution is 2.29. The van der Waals surface area contributed by atoms with E-state index in [0.717, 1.165) is 62.1 Å². The van der Waals surface area contributed by atoms with Crippen molar-refractivity contribution in [2.24, 2.45) is 0 Å². The van der Waals surface area contributed by atoms with Gasteiger partial charge >= 0.3 is 0 Å². The molecule has 4 aromatic rings. The van der Waals surface area contributed by atoms with Gasteiger partial charge < -0.3 is 34.6 Å². The Morgan fingerprint density at radius 1 is 0.692 bits per heavy atom. The van der Waals surface area contributed by atoms with Crippen LogP contribution in [-0.2, 0) is 22.7 Å². The third-order valence-electron chi connectivity index (χ3n) is 9.07. The Kier molecular flexibility index (Phi) is 13.8. The molecule has 0 spiro atoms. The average molecular weight is 707 g/mol. The lowest BCUT2D eigenvalue weighted by atomic mass is 10.1. The fraction of sp³-hybridized carbons (Fsp3) is 0.357. The SMILES string of the molecule is COCc1cc(C(=O)Nc2ccc(C)cc2OCCCCCC(=O)N2CCN(C)CC2)ccc1NC(=O)c1cc(C)ccc1OCc1ccccc1. The molecular formula is C42H50N4O6. The second kappa shape index (κ2) is 18.9. The van der Waals surface area contributed by atoms with Gasteiger partial charge in [-0.15, -0.1) is 0 Å². The third-order valence-corrected chi connectivity index (χ3v) is 9.07. The van der Waals surface area contributed by atoms with Crippen LogP contribution in [0.1, 0.15) is 68.7 Å². The molecule has 0 aliphatic carbocycles. The van der Waals surface area contributed by atoms with Crippen molar-refractivity contribution in [1.29, 1.82) is 0 Å². The normalized spacial score (nSPS) is 13.0. The number of anilines is 2. The zero-order chi connectivity index (χ0) is 36.9. The fourth-order valence-corrected chi connectivity index (χ4v) is 6.00. The molecule has 52 heavy (non-hydrogen) atoms. The number of methoxy groups -OCH3 is 1. The minimum Gasteiger partial charge on any atom is -0.491 e. The lowest BCUT2D eigenvalue weighted by molar-refractivity contribution is -0.132. The molecule has 1 heterocycles. The van der Waals surface area contributed by atoms with Crippen LogP contribution >= 0.6 is 0 Å². The largest absolute Gasteiger partial charge is 0.491 e. The highest BCUT2D eigenvalue weighted by Gasteiger charge is 2.20. The maximum Gasteiger partial charge on any atom is 0.259 e. The van der Waals surface area contributed by atoms with E-state index in [4.69, 9.17) is 14.2 Å². The van der Waals surface area contributed by atoms with Crippen LogP contribution in [0.4, 0.5) is 11.4 Å². The van der Waals surface area contributed by atoms with Crippen molar-refractivity contribution >= 4 is 29.1 Å². The van der Waals surface area contributed by atoms with Crippen molar-refractivity contribution in [3.63, 3.8) is 0 Å². The molecule has 1 aliphatic rings. The summed E-state index contributed by atoms with van der Waals surface area (Å²) in [6.45, 7) is 8.33. The van der Waals surface area contributed by atoms with Crippen LogP contribution in [0.3, 0.4) is 0 Å². The first kappa shape index (κ1) is 38.1. The Hall–Kier alpha value is -5.19. The first-order chi connectivity index (χ1) is 25.2. The average Bonchev–Trinajstić information content (AvgIpc) is 3.14. The molecule has 274 valence electrons. The number of carbonyl (C=O) groups is 3. The highest BCUT2D eigenvalue weighted by atomic mass is 16.5. The van der Waals surface area contributed by atoms with Crippen LogP contribution in [0.15, 0.2) is 84.9 Å². The molecule has 0 aromatic heterocycles. The smallest absolute Gasteiger partial charge is 0.259 e. The van der Waals surface area contributed by atoms with Crippen LogP contribution in [0.25, 0.3) is 0 Å². The van der Waals surface area contributed by atoms with Crippen LogP contribution in [0.5, 0.6) is 11.5 Å². The number of benzene rings is 4. The molecule has 1 aliphatic heterocycles. The second-order valence-electron chi connectivity index (χ2n) is 13.3. The van der Waals surface area contributed by atoms with Gasteiger partial charge in [-0.05, 0) is 93.7 Å². The molecule has 2 N–H and O–H groups in total. The van der Waals surface area contributed by atoms with Crippen LogP contribution in [0.2, 0.25) is 0 Å². The summed E-state index contributed by atoms with van der Waals surface area (Å²) < 4.78 is 17.6. The Balaban J connectivity index is 1.18. The number of carbonyl (C=O) groups excluding carboxylic acids is 3. The number of nitrogens with one attached hydrogen (secondary N) is 2. The molecule has 5 rings (SSSR count). The van der Waals surface area contributed by atoms with E-state index in [-0.39, 0.29) is 24.3 Å². The summed E-state index contributed by atoms with van der Waals surface area (Å²) in [6, 6.07) is 26.1. The van der Waals surface area contributed by atoms with Gasteiger partial charge in [0.15, 0.2) is 0 Å². The van der Waals surface area contributed by atoms with Gasteiger partial charge in [-0.25, -0.2) is 0 Å². The topological polar surface area (TPSA) is 109 Å². The van der Waals surface area contributed by atoms with E-state index in [1.54, 1.807) is 37.4 Å². The van der Waals surface area contributed by atoms with Gasteiger partial charge in [-0.1, -0.05) is 48.0 Å². The van der Waals surface area contributed by atoms with Crippen LogP contribution < -0.4 is 20.1 Å².